The van der Waals surface area contributed by atoms with E-state index in [4.69, 9.17) is 4.74 Å². The van der Waals surface area contributed by atoms with Gasteiger partial charge in [-0.15, -0.1) is 0 Å². The molecule has 2 aliphatic rings. The first-order valence-corrected chi connectivity index (χ1v) is 12.3. The molecule has 190 valence electrons. The molecule has 1 amide bonds. The summed E-state index contributed by atoms with van der Waals surface area (Å²) in [4.78, 5) is 25.1. The summed E-state index contributed by atoms with van der Waals surface area (Å²) in [5, 5.41) is 9.45. The summed E-state index contributed by atoms with van der Waals surface area (Å²) >= 11 is 0. The van der Waals surface area contributed by atoms with Crippen molar-refractivity contribution >= 4 is 5.91 Å². The molecule has 0 bridgehead atoms. The minimum atomic E-state index is -1.18. The van der Waals surface area contributed by atoms with Crippen LogP contribution in [-0.2, 0) is 0 Å². The first-order chi connectivity index (χ1) is 16.7. The molecule has 0 saturated carbocycles. The van der Waals surface area contributed by atoms with Crippen molar-refractivity contribution in [3.8, 4) is 17.1 Å². The Bertz CT molecular complexity index is 1000. The molecule has 0 radical (unpaired) electrons. The second-order valence-corrected chi connectivity index (χ2v) is 10.2. The Hall–Kier alpha value is -2.65. The molecule has 1 N–H and O–H groups in total. The number of likely N-dealkylation sites (tertiary alicyclic amines) is 2. The van der Waals surface area contributed by atoms with Crippen molar-refractivity contribution in [2.75, 3.05) is 39.4 Å². The van der Waals surface area contributed by atoms with Gasteiger partial charge in [0.2, 0.25) is 5.88 Å². The predicted octanol–water partition coefficient (Wildman–Crippen LogP) is 3.72. The van der Waals surface area contributed by atoms with Crippen molar-refractivity contribution in [3.05, 3.63) is 42.0 Å². The Morgan fingerprint density at radius 3 is 2.57 bits per heavy atom. The lowest BCUT2D eigenvalue weighted by atomic mass is 9.97. The SMILES string of the molecule is CC(C)(F)CN1CCC(COc2cnc(-c3ccc(C(=O)N4CCCC4CO)c(F)c3)cn2)CC1. The van der Waals surface area contributed by atoms with Crippen LogP contribution in [0.2, 0.25) is 0 Å². The van der Waals surface area contributed by atoms with Crippen LogP contribution in [0.5, 0.6) is 5.88 Å². The number of carbonyl (C=O) groups excluding carboxylic acids is 1. The standard InChI is InChI=1S/C26H34F2N4O3/c1-26(2,28)17-31-10-7-18(8-11-31)16-35-24-14-29-23(13-30-24)19-5-6-21(22(27)12-19)25(34)32-9-3-4-20(32)15-33/h5-6,12-14,18,20,33H,3-4,7-11,15-17H2,1-2H3. The van der Waals surface area contributed by atoms with Crippen molar-refractivity contribution in [2.45, 2.75) is 51.2 Å². The van der Waals surface area contributed by atoms with Crippen molar-refractivity contribution in [2.24, 2.45) is 5.92 Å². The van der Waals surface area contributed by atoms with Gasteiger partial charge in [0.15, 0.2) is 0 Å². The van der Waals surface area contributed by atoms with Gasteiger partial charge < -0.3 is 19.6 Å². The van der Waals surface area contributed by atoms with Crippen LogP contribution in [0.3, 0.4) is 0 Å². The number of carbonyl (C=O) groups is 1. The summed E-state index contributed by atoms with van der Waals surface area (Å²) < 4.78 is 34.4. The van der Waals surface area contributed by atoms with E-state index in [1.54, 1.807) is 19.9 Å². The molecule has 2 aromatic rings. The van der Waals surface area contributed by atoms with Crippen LogP contribution in [0.4, 0.5) is 8.78 Å². The van der Waals surface area contributed by atoms with E-state index in [0.717, 1.165) is 38.8 Å². The molecule has 2 fully saturated rings. The Labute approximate surface area is 205 Å². The highest BCUT2D eigenvalue weighted by molar-refractivity contribution is 5.95. The molecule has 1 aromatic heterocycles. The highest BCUT2D eigenvalue weighted by atomic mass is 19.1. The van der Waals surface area contributed by atoms with Crippen LogP contribution < -0.4 is 4.74 Å². The number of ether oxygens (including phenoxy) is 1. The number of halogens is 2. The Balaban J connectivity index is 1.31. The number of hydrogen-bond acceptors (Lipinski definition) is 6. The van der Waals surface area contributed by atoms with Crippen molar-refractivity contribution in [1.82, 2.24) is 19.8 Å². The number of benzene rings is 1. The lowest BCUT2D eigenvalue weighted by Gasteiger charge is -2.34. The van der Waals surface area contributed by atoms with Crippen molar-refractivity contribution in [1.29, 1.82) is 0 Å². The molecular formula is C26H34F2N4O3. The van der Waals surface area contributed by atoms with Crippen LogP contribution in [-0.4, -0.2) is 81.9 Å². The molecule has 35 heavy (non-hydrogen) atoms. The van der Waals surface area contributed by atoms with E-state index in [9.17, 15) is 18.7 Å². The van der Waals surface area contributed by atoms with Gasteiger partial charge in [0.1, 0.15) is 11.5 Å². The van der Waals surface area contributed by atoms with Gasteiger partial charge in [-0.1, -0.05) is 6.07 Å². The lowest BCUT2D eigenvalue weighted by molar-refractivity contribution is 0.0673. The minimum Gasteiger partial charge on any atom is -0.476 e. The summed E-state index contributed by atoms with van der Waals surface area (Å²) in [6.07, 6.45) is 6.47. The fourth-order valence-corrected chi connectivity index (χ4v) is 4.88. The number of amides is 1. The zero-order valence-electron chi connectivity index (χ0n) is 20.4. The molecular weight excluding hydrogens is 454 g/mol. The molecule has 2 saturated heterocycles. The van der Waals surface area contributed by atoms with Gasteiger partial charge in [0.05, 0.1) is 42.9 Å². The van der Waals surface area contributed by atoms with Crippen molar-refractivity contribution < 1.29 is 23.4 Å². The van der Waals surface area contributed by atoms with Gasteiger partial charge in [0.25, 0.3) is 5.91 Å². The minimum absolute atomic E-state index is 0.0110. The van der Waals surface area contributed by atoms with E-state index in [0.29, 0.717) is 42.8 Å². The molecule has 1 atom stereocenters. The number of alkyl halides is 1. The highest BCUT2D eigenvalue weighted by Crippen LogP contribution is 2.25. The third kappa shape index (κ3) is 6.52. The van der Waals surface area contributed by atoms with Gasteiger partial charge in [-0.3, -0.25) is 4.79 Å². The monoisotopic (exact) mass is 488 g/mol. The molecule has 1 aromatic carbocycles. The molecule has 4 rings (SSSR count). The van der Waals surface area contributed by atoms with Gasteiger partial charge in [-0.05, 0) is 70.7 Å². The van der Waals surface area contributed by atoms with E-state index in [1.807, 2.05) is 0 Å². The molecule has 3 heterocycles. The van der Waals surface area contributed by atoms with Crippen LogP contribution >= 0.6 is 0 Å². The second-order valence-electron chi connectivity index (χ2n) is 10.2. The topological polar surface area (TPSA) is 78.8 Å². The molecule has 0 spiro atoms. The number of piperidine rings is 1. The average molecular weight is 489 g/mol. The highest BCUT2D eigenvalue weighted by Gasteiger charge is 2.30. The van der Waals surface area contributed by atoms with E-state index < -0.39 is 17.4 Å². The molecule has 7 nitrogen and oxygen atoms in total. The second kappa shape index (κ2) is 11.0. The number of aromatic nitrogens is 2. The fraction of sp³-hybridized carbons (Fsp3) is 0.577. The number of aliphatic hydroxyl groups is 1. The predicted molar refractivity (Wildman–Crippen MR) is 128 cm³/mol. The Morgan fingerprint density at radius 1 is 1.17 bits per heavy atom. The van der Waals surface area contributed by atoms with Gasteiger partial charge in [-0.25, -0.2) is 18.7 Å². The van der Waals surface area contributed by atoms with E-state index >= 15 is 0 Å². The third-order valence-electron chi connectivity index (χ3n) is 6.75. The zero-order chi connectivity index (χ0) is 25.0. The maximum atomic E-state index is 14.8. The molecule has 2 aliphatic heterocycles. The average Bonchev–Trinajstić information content (AvgIpc) is 3.31. The van der Waals surface area contributed by atoms with E-state index in [1.165, 1.54) is 29.4 Å². The first-order valence-electron chi connectivity index (χ1n) is 12.3. The molecule has 1 unspecified atom stereocenters. The summed E-state index contributed by atoms with van der Waals surface area (Å²) in [5.74, 6) is -0.242. The number of nitrogens with zero attached hydrogens (tertiary/aromatic N) is 4. The van der Waals surface area contributed by atoms with Gasteiger partial charge in [0, 0.05) is 18.7 Å². The maximum absolute atomic E-state index is 14.8. The summed E-state index contributed by atoms with van der Waals surface area (Å²) in [7, 11) is 0. The number of hydrogen-bond donors (Lipinski definition) is 1. The van der Waals surface area contributed by atoms with Crippen LogP contribution in [0.15, 0.2) is 30.6 Å². The van der Waals surface area contributed by atoms with Crippen LogP contribution in [0, 0.1) is 11.7 Å². The first kappa shape index (κ1) is 25.4. The van der Waals surface area contributed by atoms with Gasteiger partial charge >= 0.3 is 0 Å². The summed E-state index contributed by atoms with van der Waals surface area (Å²) in [6, 6.07) is 4.14. The number of aliphatic hydroxyl groups excluding tert-OH is 1. The van der Waals surface area contributed by atoms with E-state index in [-0.39, 0.29) is 18.2 Å². The van der Waals surface area contributed by atoms with Gasteiger partial charge in [-0.2, -0.15) is 0 Å². The Morgan fingerprint density at radius 2 is 1.94 bits per heavy atom. The quantitative estimate of drug-likeness (QED) is 0.610. The smallest absolute Gasteiger partial charge is 0.257 e. The summed E-state index contributed by atoms with van der Waals surface area (Å²) in [5.41, 5.74) is -0.202. The normalized spacial score (nSPS) is 19.8. The zero-order valence-corrected chi connectivity index (χ0v) is 20.4. The summed E-state index contributed by atoms with van der Waals surface area (Å²) in [6.45, 7) is 6.30. The Kier molecular flexibility index (Phi) is 7.96. The van der Waals surface area contributed by atoms with E-state index in [2.05, 4.69) is 14.9 Å². The van der Waals surface area contributed by atoms with Crippen LogP contribution in [0.25, 0.3) is 11.3 Å². The molecule has 9 heteroatoms. The van der Waals surface area contributed by atoms with Crippen molar-refractivity contribution in [3.63, 3.8) is 0 Å². The largest absolute Gasteiger partial charge is 0.476 e. The fourth-order valence-electron chi connectivity index (χ4n) is 4.88. The lowest BCUT2D eigenvalue weighted by Crippen LogP contribution is -2.41. The molecule has 0 aliphatic carbocycles. The van der Waals surface area contributed by atoms with Crippen LogP contribution in [0.1, 0.15) is 49.9 Å². The number of rotatable bonds is 8. The third-order valence-corrected chi connectivity index (χ3v) is 6.75. The maximum Gasteiger partial charge on any atom is 0.257 e.